The molecule has 98 valence electrons. The van der Waals surface area contributed by atoms with Gasteiger partial charge in [-0.05, 0) is 6.92 Å². The van der Waals surface area contributed by atoms with Gasteiger partial charge in [-0.2, -0.15) is 13.2 Å². The Morgan fingerprint density at radius 2 is 2.12 bits per heavy atom. The second-order valence-electron chi connectivity index (χ2n) is 3.65. The highest BCUT2D eigenvalue weighted by Crippen LogP contribution is 2.14. The largest absolute Gasteiger partial charge is 0.411 e. The number of rotatable bonds is 4. The van der Waals surface area contributed by atoms with Gasteiger partial charge in [0.1, 0.15) is 6.61 Å². The molecule has 8 heteroatoms. The van der Waals surface area contributed by atoms with Crippen LogP contribution in [0.4, 0.5) is 13.2 Å². The molecule has 1 fully saturated rings. The summed E-state index contributed by atoms with van der Waals surface area (Å²) in [5, 5.41) is 2.66. The number of carbonyl (C=O) groups is 2. The Hall–Kier alpha value is -1.15. The number of amides is 2. The Bertz CT molecular complexity index is 306. The van der Waals surface area contributed by atoms with E-state index in [0.717, 1.165) is 4.90 Å². The van der Waals surface area contributed by atoms with E-state index in [-0.39, 0.29) is 19.7 Å². The molecule has 0 aromatic carbocycles. The van der Waals surface area contributed by atoms with Crippen LogP contribution in [0, 0.1) is 0 Å². The van der Waals surface area contributed by atoms with Crippen LogP contribution in [0.1, 0.15) is 6.92 Å². The van der Waals surface area contributed by atoms with Crippen molar-refractivity contribution in [2.75, 3.05) is 26.3 Å². The Kier molecular flexibility index (Phi) is 4.47. The molecule has 1 aliphatic heterocycles. The molecule has 0 radical (unpaired) electrons. The summed E-state index contributed by atoms with van der Waals surface area (Å²) in [5.41, 5.74) is 0. The molecule has 0 bridgehead atoms. The monoisotopic (exact) mass is 254 g/mol. The summed E-state index contributed by atoms with van der Waals surface area (Å²) in [7, 11) is 0. The molecule has 5 nitrogen and oxygen atoms in total. The van der Waals surface area contributed by atoms with Gasteiger partial charge in [-0.15, -0.1) is 0 Å². The fraction of sp³-hybridized carbons (Fsp3) is 0.778. The minimum Gasteiger partial charge on any atom is -0.370 e. The normalized spacial score (nSPS) is 22.1. The Balaban J connectivity index is 2.34. The fourth-order valence-electron chi connectivity index (χ4n) is 1.36. The first-order chi connectivity index (χ1) is 7.81. The number of halogens is 3. The van der Waals surface area contributed by atoms with E-state index in [1.165, 1.54) is 0 Å². The zero-order chi connectivity index (χ0) is 13.1. The van der Waals surface area contributed by atoms with Crippen molar-refractivity contribution in [1.29, 1.82) is 0 Å². The van der Waals surface area contributed by atoms with Gasteiger partial charge in [-0.1, -0.05) is 0 Å². The molecule has 17 heavy (non-hydrogen) atoms. The quantitative estimate of drug-likeness (QED) is 0.563. The van der Waals surface area contributed by atoms with Gasteiger partial charge in [0, 0.05) is 0 Å². The third kappa shape index (κ3) is 4.31. The van der Waals surface area contributed by atoms with E-state index in [1.54, 1.807) is 6.92 Å². The van der Waals surface area contributed by atoms with Crippen LogP contribution in [0.2, 0.25) is 0 Å². The SMILES string of the molecule is CC1NCC(=O)N(CCOCC(F)(F)F)C1=O. The molecule has 1 aliphatic rings. The molecule has 2 amide bonds. The lowest BCUT2D eigenvalue weighted by molar-refractivity contribution is -0.175. The first-order valence-electron chi connectivity index (χ1n) is 5.03. The zero-order valence-corrected chi connectivity index (χ0v) is 9.21. The van der Waals surface area contributed by atoms with Crippen LogP contribution in [-0.4, -0.2) is 55.2 Å². The first-order valence-corrected chi connectivity index (χ1v) is 5.03. The number of imide groups is 1. The maximum Gasteiger partial charge on any atom is 0.411 e. The number of nitrogens with zero attached hydrogens (tertiary/aromatic N) is 1. The Morgan fingerprint density at radius 3 is 2.71 bits per heavy atom. The molecule has 0 spiro atoms. The van der Waals surface area contributed by atoms with Crippen LogP contribution in [0.25, 0.3) is 0 Å². The summed E-state index contributed by atoms with van der Waals surface area (Å²) < 4.78 is 39.6. The second-order valence-corrected chi connectivity index (χ2v) is 3.65. The molecule has 1 N–H and O–H groups in total. The summed E-state index contributed by atoms with van der Waals surface area (Å²) in [6.07, 6.45) is -4.40. The van der Waals surface area contributed by atoms with Crippen LogP contribution in [-0.2, 0) is 14.3 Å². The summed E-state index contributed by atoms with van der Waals surface area (Å²) in [6, 6.07) is -0.504. The minimum absolute atomic E-state index is 0.00613. The molecule has 1 atom stereocenters. The molecule has 1 unspecified atom stereocenters. The van der Waals surface area contributed by atoms with E-state index in [0.29, 0.717) is 0 Å². The molecule has 1 heterocycles. The highest BCUT2D eigenvalue weighted by Gasteiger charge is 2.31. The smallest absolute Gasteiger partial charge is 0.370 e. The molecule has 0 aromatic rings. The Morgan fingerprint density at radius 1 is 1.47 bits per heavy atom. The Labute approximate surface area is 95.9 Å². The molecule has 1 rings (SSSR count). The lowest BCUT2D eigenvalue weighted by Gasteiger charge is -2.29. The zero-order valence-electron chi connectivity index (χ0n) is 9.21. The maximum atomic E-state index is 11.8. The van der Waals surface area contributed by atoms with E-state index in [1.807, 2.05) is 0 Å². The number of hydrogen-bond acceptors (Lipinski definition) is 4. The molecule has 0 saturated carbocycles. The van der Waals surface area contributed by atoms with Crippen molar-refractivity contribution in [3.63, 3.8) is 0 Å². The van der Waals surface area contributed by atoms with Crippen molar-refractivity contribution in [2.45, 2.75) is 19.1 Å². The van der Waals surface area contributed by atoms with Crippen LogP contribution in [0.3, 0.4) is 0 Å². The van der Waals surface area contributed by atoms with Crippen molar-refractivity contribution in [3.8, 4) is 0 Å². The lowest BCUT2D eigenvalue weighted by atomic mass is 10.2. The van der Waals surface area contributed by atoms with Gasteiger partial charge in [0.15, 0.2) is 0 Å². The number of nitrogens with one attached hydrogen (secondary N) is 1. The van der Waals surface area contributed by atoms with E-state index in [9.17, 15) is 22.8 Å². The number of hydrogen-bond donors (Lipinski definition) is 1. The molecule has 0 aromatic heterocycles. The maximum absolute atomic E-state index is 11.8. The van der Waals surface area contributed by atoms with Crippen molar-refractivity contribution in [1.82, 2.24) is 10.2 Å². The van der Waals surface area contributed by atoms with E-state index in [2.05, 4.69) is 10.1 Å². The van der Waals surface area contributed by atoms with Gasteiger partial charge in [0.05, 0.1) is 25.7 Å². The van der Waals surface area contributed by atoms with E-state index < -0.39 is 30.6 Å². The highest BCUT2D eigenvalue weighted by atomic mass is 19.4. The van der Waals surface area contributed by atoms with Gasteiger partial charge in [-0.3, -0.25) is 19.8 Å². The van der Waals surface area contributed by atoms with Gasteiger partial charge in [-0.25, -0.2) is 0 Å². The van der Waals surface area contributed by atoms with Gasteiger partial charge in [0.2, 0.25) is 11.8 Å². The van der Waals surface area contributed by atoms with Crippen molar-refractivity contribution in [3.05, 3.63) is 0 Å². The standard InChI is InChI=1S/C9H13F3N2O3/c1-6-8(16)14(7(15)4-13-6)2-3-17-5-9(10,11)12/h6,13H,2-5H2,1H3. The average Bonchev–Trinajstić information content (AvgIpc) is 2.21. The predicted octanol–water partition coefficient (Wildman–Crippen LogP) is -0.0878. The number of piperazine rings is 1. The van der Waals surface area contributed by atoms with Gasteiger partial charge in [0.25, 0.3) is 0 Å². The van der Waals surface area contributed by atoms with Crippen molar-refractivity contribution >= 4 is 11.8 Å². The predicted molar refractivity (Wildman–Crippen MR) is 51.1 cm³/mol. The van der Waals surface area contributed by atoms with E-state index in [4.69, 9.17) is 0 Å². The number of ether oxygens (including phenoxy) is 1. The van der Waals surface area contributed by atoms with Crippen LogP contribution in [0.5, 0.6) is 0 Å². The second kappa shape index (κ2) is 5.46. The molecular formula is C9H13F3N2O3. The van der Waals surface area contributed by atoms with E-state index >= 15 is 0 Å². The third-order valence-electron chi connectivity index (χ3n) is 2.22. The van der Waals surface area contributed by atoms with Crippen molar-refractivity contribution < 1.29 is 27.5 Å². The number of carbonyl (C=O) groups excluding carboxylic acids is 2. The average molecular weight is 254 g/mol. The van der Waals surface area contributed by atoms with Crippen LogP contribution in [0.15, 0.2) is 0 Å². The highest BCUT2D eigenvalue weighted by molar-refractivity contribution is 6.00. The first kappa shape index (κ1) is 13.9. The van der Waals surface area contributed by atoms with Gasteiger partial charge < -0.3 is 4.74 Å². The topological polar surface area (TPSA) is 58.6 Å². The molecule has 0 aliphatic carbocycles. The molecule has 1 saturated heterocycles. The van der Waals surface area contributed by atoms with Crippen LogP contribution < -0.4 is 5.32 Å². The van der Waals surface area contributed by atoms with Gasteiger partial charge >= 0.3 is 6.18 Å². The summed E-state index contributed by atoms with van der Waals surface area (Å²) in [6.45, 7) is -0.259. The molecular weight excluding hydrogens is 241 g/mol. The fourth-order valence-corrected chi connectivity index (χ4v) is 1.36. The third-order valence-corrected chi connectivity index (χ3v) is 2.22. The number of alkyl halides is 3. The van der Waals surface area contributed by atoms with Crippen molar-refractivity contribution in [2.24, 2.45) is 0 Å². The summed E-state index contributed by atoms with van der Waals surface area (Å²) in [4.78, 5) is 23.7. The minimum atomic E-state index is -4.40. The van der Waals surface area contributed by atoms with Crippen LogP contribution >= 0.6 is 0 Å². The summed E-state index contributed by atoms with van der Waals surface area (Å²) >= 11 is 0. The lowest BCUT2D eigenvalue weighted by Crippen LogP contribution is -2.57. The summed E-state index contributed by atoms with van der Waals surface area (Å²) in [5.74, 6) is -0.902.